The second kappa shape index (κ2) is 3.05. The summed E-state index contributed by atoms with van der Waals surface area (Å²) >= 11 is 0. The van der Waals surface area contributed by atoms with Gasteiger partial charge in [0, 0.05) is 6.61 Å². The van der Waals surface area contributed by atoms with Crippen molar-refractivity contribution < 1.29 is 9.84 Å². The molecule has 0 aliphatic rings. The van der Waals surface area contributed by atoms with Crippen LogP contribution in [0, 0.1) is 0 Å². The minimum atomic E-state index is -0.352. The molecule has 0 aromatic carbocycles. The molecular weight excluding hydrogens is 104 g/mol. The van der Waals surface area contributed by atoms with Crippen molar-refractivity contribution in [2.45, 2.75) is 26.4 Å². The molecule has 1 N–H and O–H groups in total. The van der Waals surface area contributed by atoms with Crippen molar-refractivity contribution >= 4 is 0 Å². The number of aliphatic hydroxyl groups excluding tert-OH is 1. The molecule has 0 heterocycles. The lowest BCUT2D eigenvalue weighted by Gasteiger charge is -2.20. The maximum absolute atomic E-state index is 8.60. The Hall–Kier alpha value is -0.0800. The Balaban J connectivity index is 3.37. The fourth-order valence-corrected chi connectivity index (χ4v) is 0.436. The first kappa shape index (κ1) is 7.92. The van der Waals surface area contributed by atoms with Crippen molar-refractivity contribution in [1.29, 1.82) is 0 Å². The van der Waals surface area contributed by atoms with Crippen LogP contribution in [0.5, 0.6) is 0 Å². The Morgan fingerprint density at radius 2 is 2.00 bits per heavy atom. The van der Waals surface area contributed by atoms with Gasteiger partial charge in [0.25, 0.3) is 0 Å². The molecule has 0 aliphatic heterocycles. The zero-order valence-electron chi connectivity index (χ0n) is 5.77. The second-order valence-electron chi connectivity index (χ2n) is 2.35. The van der Waals surface area contributed by atoms with Gasteiger partial charge in [0.15, 0.2) is 0 Å². The normalized spacial score (nSPS) is 12.0. The molecule has 2 nitrogen and oxygen atoms in total. The third-order valence-electron chi connectivity index (χ3n) is 0.916. The molecule has 0 unspecified atom stereocenters. The number of aliphatic hydroxyl groups is 1. The molecule has 0 saturated carbocycles. The molecular formula is C6H14O2. The molecule has 0 rings (SSSR count). The molecule has 0 spiro atoms. The first-order valence-corrected chi connectivity index (χ1v) is 2.87. The Labute approximate surface area is 50.5 Å². The first-order chi connectivity index (χ1) is 3.62. The Morgan fingerprint density at radius 3 is 2.12 bits per heavy atom. The van der Waals surface area contributed by atoms with Gasteiger partial charge in [-0.2, -0.15) is 0 Å². The van der Waals surface area contributed by atoms with Gasteiger partial charge in [-0.15, -0.1) is 0 Å². The maximum atomic E-state index is 8.60. The summed E-state index contributed by atoms with van der Waals surface area (Å²) in [6.45, 7) is 6.37. The van der Waals surface area contributed by atoms with Crippen LogP contribution in [0.3, 0.4) is 0 Å². The standard InChI is InChI=1S/C6H14O2/c1-4-8-6(2,3)5-7/h7H,4-5H2,1-3H3. The summed E-state index contributed by atoms with van der Waals surface area (Å²) in [6.07, 6.45) is 0. The van der Waals surface area contributed by atoms with E-state index in [2.05, 4.69) is 0 Å². The van der Waals surface area contributed by atoms with Crippen molar-refractivity contribution in [3.05, 3.63) is 0 Å². The molecule has 0 atom stereocenters. The van der Waals surface area contributed by atoms with E-state index in [0.29, 0.717) is 6.61 Å². The second-order valence-corrected chi connectivity index (χ2v) is 2.35. The van der Waals surface area contributed by atoms with Crippen LogP contribution in [0.1, 0.15) is 20.8 Å². The molecule has 50 valence electrons. The van der Waals surface area contributed by atoms with Crippen LogP contribution in [0.25, 0.3) is 0 Å². The Kier molecular flexibility index (Phi) is 3.02. The summed E-state index contributed by atoms with van der Waals surface area (Å²) in [6, 6.07) is 0. The lowest BCUT2D eigenvalue weighted by molar-refractivity contribution is -0.0476. The molecule has 0 aromatic heterocycles. The van der Waals surface area contributed by atoms with Gasteiger partial charge in [-0.25, -0.2) is 0 Å². The van der Waals surface area contributed by atoms with Gasteiger partial charge >= 0.3 is 0 Å². The summed E-state index contributed by atoms with van der Waals surface area (Å²) in [4.78, 5) is 0. The van der Waals surface area contributed by atoms with Gasteiger partial charge in [0.1, 0.15) is 0 Å². The van der Waals surface area contributed by atoms with Gasteiger partial charge in [-0.05, 0) is 20.8 Å². The highest BCUT2D eigenvalue weighted by Gasteiger charge is 2.14. The minimum Gasteiger partial charge on any atom is -0.393 e. The first-order valence-electron chi connectivity index (χ1n) is 2.87. The molecule has 0 aliphatic carbocycles. The lowest BCUT2D eigenvalue weighted by atomic mass is 10.2. The fourth-order valence-electron chi connectivity index (χ4n) is 0.436. The highest BCUT2D eigenvalue weighted by atomic mass is 16.5. The average Bonchev–Trinajstić information content (AvgIpc) is 1.67. The lowest BCUT2D eigenvalue weighted by Crippen LogP contribution is -2.28. The van der Waals surface area contributed by atoms with Crippen LogP contribution in [0.2, 0.25) is 0 Å². The van der Waals surface area contributed by atoms with Crippen molar-refractivity contribution in [2.75, 3.05) is 13.2 Å². The largest absolute Gasteiger partial charge is 0.393 e. The third-order valence-corrected chi connectivity index (χ3v) is 0.916. The topological polar surface area (TPSA) is 29.5 Å². The van der Waals surface area contributed by atoms with Crippen LogP contribution in [0.4, 0.5) is 0 Å². The van der Waals surface area contributed by atoms with Gasteiger partial charge in [-0.1, -0.05) is 0 Å². The van der Waals surface area contributed by atoms with E-state index in [1.807, 2.05) is 20.8 Å². The molecule has 0 saturated heterocycles. The molecule has 8 heavy (non-hydrogen) atoms. The SMILES string of the molecule is CCOC(C)(C)CO. The highest BCUT2D eigenvalue weighted by Crippen LogP contribution is 2.05. The summed E-state index contributed by atoms with van der Waals surface area (Å²) in [7, 11) is 0. The van der Waals surface area contributed by atoms with E-state index in [1.165, 1.54) is 0 Å². The zero-order valence-corrected chi connectivity index (χ0v) is 5.77. The molecule has 0 radical (unpaired) electrons. The summed E-state index contributed by atoms with van der Waals surface area (Å²) in [5.41, 5.74) is -0.352. The van der Waals surface area contributed by atoms with E-state index in [0.717, 1.165) is 0 Å². The predicted octanol–water partition coefficient (Wildman–Crippen LogP) is 0.794. The van der Waals surface area contributed by atoms with Crippen molar-refractivity contribution in [2.24, 2.45) is 0 Å². The van der Waals surface area contributed by atoms with E-state index in [4.69, 9.17) is 9.84 Å². The molecule has 0 fully saturated rings. The van der Waals surface area contributed by atoms with E-state index >= 15 is 0 Å². The van der Waals surface area contributed by atoms with E-state index < -0.39 is 0 Å². The Bertz CT molecular complexity index is 59.5. The van der Waals surface area contributed by atoms with Gasteiger partial charge in [0.05, 0.1) is 12.2 Å². The number of hydrogen-bond acceptors (Lipinski definition) is 2. The van der Waals surface area contributed by atoms with Crippen LogP contribution >= 0.6 is 0 Å². The highest BCUT2D eigenvalue weighted by molar-refractivity contribution is 4.64. The van der Waals surface area contributed by atoms with Gasteiger partial charge in [0.2, 0.25) is 0 Å². The molecule has 2 heteroatoms. The van der Waals surface area contributed by atoms with Gasteiger partial charge in [-0.3, -0.25) is 0 Å². The number of hydrogen-bond donors (Lipinski definition) is 1. The van der Waals surface area contributed by atoms with Crippen molar-refractivity contribution in [3.63, 3.8) is 0 Å². The Morgan fingerprint density at radius 1 is 1.50 bits per heavy atom. The minimum absolute atomic E-state index is 0.0842. The summed E-state index contributed by atoms with van der Waals surface area (Å²) in [5.74, 6) is 0. The quantitative estimate of drug-likeness (QED) is 0.593. The van der Waals surface area contributed by atoms with E-state index in [9.17, 15) is 0 Å². The monoisotopic (exact) mass is 118 g/mol. The van der Waals surface area contributed by atoms with Crippen LogP contribution in [0.15, 0.2) is 0 Å². The molecule has 0 bridgehead atoms. The van der Waals surface area contributed by atoms with Crippen LogP contribution in [-0.2, 0) is 4.74 Å². The third kappa shape index (κ3) is 2.99. The maximum Gasteiger partial charge on any atom is 0.0856 e. The van der Waals surface area contributed by atoms with Gasteiger partial charge < -0.3 is 9.84 Å². The molecule has 0 amide bonds. The number of ether oxygens (including phenoxy) is 1. The van der Waals surface area contributed by atoms with Crippen molar-refractivity contribution in [3.8, 4) is 0 Å². The summed E-state index contributed by atoms with van der Waals surface area (Å²) in [5, 5.41) is 8.60. The fraction of sp³-hybridized carbons (Fsp3) is 1.00. The smallest absolute Gasteiger partial charge is 0.0856 e. The number of rotatable bonds is 3. The van der Waals surface area contributed by atoms with E-state index in [-0.39, 0.29) is 12.2 Å². The zero-order chi connectivity index (χ0) is 6.62. The van der Waals surface area contributed by atoms with Crippen LogP contribution < -0.4 is 0 Å². The van der Waals surface area contributed by atoms with E-state index in [1.54, 1.807) is 0 Å². The molecule has 0 aromatic rings. The average molecular weight is 118 g/mol. The summed E-state index contributed by atoms with van der Waals surface area (Å²) < 4.78 is 5.13. The van der Waals surface area contributed by atoms with Crippen molar-refractivity contribution in [1.82, 2.24) is 0 Å². The van der Waals surface area contributed by atoms with Crippen LogP contribution in [-0.4, -0.2) is 23.9 Å². The predicted molar refractivity (Wildman–Crippen MR) is 32.8 cm³/mol.